The van der Waals surface area contributed by atoms with Crippen molar-refractivity contribution in [1.82, 2.24) is 14.5 Å². The Kier molecular flexibility index (Phi) is 4.69. The Balaban J connectivity index is 1.73. The molecule has 1 fully saturated rings. The normalized spacial score (nSPS) is 18.8. The van der Waals surface area contributed by atoms with Crippen LogP contribution in [-0.2, 0) is 13.6 Å². The van der Waals surface area contributed by atoms with E-state index in [-0.39, 0.29) is 0 Å². The zero-order chi connectivity index (χ0) is 15.5. The van der Waals surface area contributed by atoms with Gasteiger partial charge >= 0.3 is 0 Å². The minimum Gasteiger partial charge on any atom is -0.494 e. The van der Waals surface area contributed by atoms with Crippen molar-refractivity contribution in [3.05, 3.63) is 47.0 Å². The third-order valence-electron chi connectivity index (χ3n) is 4.31. The molecule has 0 spiro atoms. The maximum atomic E-state index is 6.08. The van der Waals surface area contributed by atoms with Gasteiger partial charge in [0, 0.05) is 13.1 Å². The number of hydrogen-bond donors (Lipinski definition) is 0. The quantitative estimate of drug-likeness (QED) is 0.839. The number of imidazole rings is 1. The molecule has 22 heavy (non-hydrogen) atoms. The number of ether oxygens (including phenoxy) is 1. The molecular formula is C17H22ClN3O. The predicted molar refractivity (Wildman–Crippen MR) is 88.2 cm³/mol. The number of halogens is 1. The van der Waals surface area contributed by atoms with Crippen molar-refractivity contribution in [2.24, 2.45) is 7.05 Å². The van der Waals surface area contributed by atoms with Gasteiger partial charge in [-0.2, -0.15) is 0 Å². The monoisotopic (exact) mass is 319 g/mol. The highest BCUT2D eigenvalue weighted by Crippen LogP contribution is 2.33. The average Bonchev–Trinajstić information content (AvgIpc) is 3.11. The summed E-state index contributed by atoms with van der Waals surface area (Å²) in [5, 5.41) is 0.687. The van der Waals surface area contributed by atoms with Gasteiger partial charge in [-0.1, -0.05) is 23.7 Å². The third-order valence-corrected chi connectivity index (χ3v) is 4.66. The molecule has 2 aromatic rings. The minimum atomic E-state index is 0.450. The zero-order valence-corrected chi connectivity index (χ0v) is 13.9. The summed E-state index contributed by atoms with van der Waals surface area (Å²) in [4.78, 5) is 6.90. The first-order valence-corrected chi connectivity index (χ1v) is 8.19. The fraction of sp³-hybridized carbons (Fsp3) is 0.471. The Hall–Kier alpha value is -1.52. The molecule has 0 N–H and O–H groups in total. The highest BCUT2D eigenvalue weighted by Gasteiger charge is 2.27. The van der Waals surface area contributed by atoms with E-state index in [4.69, 9.17) is 16.3 Å². The topological polar surface area (TPSA) is 30.3 Å². The van der Waals surface area contributed by atoms with Crippen molar-refractivity contribution < 1.29 is 4.74 Å². The van der Waals surface area contributed by atoms with E-state index in [1.165, 1.54) is 18.4 Å². The number of nitrogens with zero attached hydrogens (tertiary/aromatic N) is 3. The summed E-state index contributed by atoms with van der Waals surface area (Å²) in [5.74, 6) is 1.95. The molecule has 0 radical (unpaired) electrons. The summed E-state index contributed by atoms with van der Waals surface area (Å²) in [6.45, 7) is 4.64. The highest BCUT2D eigenvalue weighted by atomic mass is 35.5. The summed E-state index contributed by atoms with van der Waals surface area (Å²) in [5.41, 5.74) is 1.35. The molecular weight excluding hydrogens is 298 g/mol. The lowest BCUT2D eigenvalue weighted by atomic mass is 10.0. The number of likely N-dealkylation sites (tertiary alicyclic amines) is 1. The van der Waals surface area contributed by atoms with E-state index in [0.29, 0.717) is 17.8 Å². The third kappa shape index (κ3) is 3.13. The second-order valence-electron chi connectivity index (χ2n) is 5.69. The number of hydrogen-bond acceptors (Lipinski definition) is 3. The van der Waals surface area contributed by atoms with Crippen LogP contribution in [0.15, 0.2) is 30.5 Å². The van der Waals surface area contributed by atoms with E-state index in [1.54, 1.807) is 6.20 Å². The van der Waals surface area contributed by atoms with Gasteiger partial charge in [0.1, 0.15) is 16.7 Å². The molecule has 0 aliphatic carbocycles. The summed E-state index contributed by atoms with van der Waals surface area (Å²) in [6.07, 6.45) is 4.13. The number of rotatable bonds is 5. The fourth-order valence-electron chi connectivity index (χ4n) is 3.10. The van der Waals surface area contributed by atoms with Crippen LogP contribution in [-0.4, -0.2) is 27.6 Å². The summed E-state index contributed by atoms with van der Waals surface area (Å²) >= 11 is 6.08. The van der Waals surface area contributed by atoms with Crippen LogP contribution >= 0.6 is 11.6 Å². The van der Waals surface area contributed by atoms with Gasteiger partial charge in [-0.3, -0.25) is 4.90 Å². The molecule has 0 bridgehead atoms. The maximum absolute atomic E-state index is 6.08. The van der Waals surface area contributed by atoms with Crippen LogP contribution in [0.2, 0.25) is 5.15 Å². The van der Waals surface area contributed by atoms with Crippen LogP contribution < -0.4 is 4.74 Å². The number of aromatic nitrogens is 2. The smallest absolute Gasteiger partial charge is 0.128 e. The van der Waals surface area contributed by atoms with Crippen molar-refractivity contribution in [3.8, 4) is 5.75 Å². The molecule has 4 nitrogen and oxygen atoms in total. The molecule has 0 amide bonds. The maximum Gasteiger partial charge on any atom is 0.128 e. The van der Waals surface area contributed by atoms with Crippen molar-refractivity contribution in [2.45, 2.75) is 32.4 Å². The van der Waals surface area contributed by atoms with E-state index in [1.807, 2.05) is 18.5 Å². The van der Waals surface area contributed by atoms with Gasteiger partial charge in [0.2, 0.25) is 0 Å². The van der Waals surface area contributed by atoms with Crippen molar-refractivity contribution in [1.29, 1.82) is 0 Å². The molecule has 5 heteroatoms. The summed E-state index contributed by atoms with van der Waals surface area (Å²) < 4.78 is 7.48. The highest BCUT2D eigenvalue weighted by molar-refractivity contribution is 6.29. The van der Waals surface area contributed by atoms with E-state index < -0.39 is 0 Å². The summed E-state index contributed by atoms with van der Waals surface area (Å²) in [7, 11) is 1.96. The first kappa shape index (κ1) is 15.4. The molecule has 118 valence electrons. The number of benzene rings is 1. The standard InChI is InChI=1S/C17H22ClN3O/c1-3-22-14-8-6-13(7-9-14)15-5-4-10-21(15)12-17-19-11-16(18)20(17)2/h6-9,11,15H,3-5,10,12H2,1-2H3. The van der Waals surface area contributed by atoms with Crippen LogP contribution in [0, 0.1) is 0 Å². The van der Waals surface area contributed by atoms with Gasteiger partial charge in [-0.05, 0) is 44.0 Å². The van der Waals surface area contributed by atoms with Gasteiger partial charge in [-0.15, -0.1) is 0 Å². The molecule has 1 aliphatic rings. The van der Waals surface area contributed by atoms with Gasteiger partial charge in [-0.25, -0.2) is 4.98 Å². The zero-order valence-electron chi connectivity index (χ0n) is 13.1. The van der Waals surface area contributed by atoms with Crippen LogP contribution in [0.25, 0.3) is 0 Å². The lowest BCUT2D eigenvalue weighted by molar-refractivity contribution is 0.239. The second kappa shape index (κ2) is 6.71. The second-order valence-corrected chi connectivity index (χ2v) is 6.07. The van der Waals surface area contributed by atoms with Crippen LogP contribution in [0.3, 0.4) is 0 Å². The molecule has 1 aliphatic heterocycles. The van der Waals surface area contributed by atoms with Crippen molar-refractivity contribution >= 4 is 11.6 Å². The van der Waals surface area contributed by atoms with E-state index in [0.717, 1.165) is 24.7 Å². The molecule has 3 rings (SSSR count). The van der Waals surface area contributed by atoms with E-state index >= 15 is 0 Å². The van der Waals surface area contributed by atoms with Gasteiger partial charge in [0.25, 0.3) is 0 Å². The van der Waals surface area contributed by atoms with Crippen LogP contribution in [0.1, 0.15) is 37.2 Å². The van der Waals surface area contributed by atoms with E-state index in [9.17, 15) is 0 Å². The first-order valence-electron chi connectivity index (χ1n) is 7.82. The molecule has 1 saturated heterocycles. The summed E-state index contributed by atoms with van der Waals surface area (Å²) in [6, 6.07) is 8.93. The molecule has 1 unspecified atom stereocenters. The Morgan fingerprint density at radius 2 is 2.09 bits per heavy atom. The molecule has 1 aromatic heterocycles. The van der Waals surface area contributed by atoms with Crippen LogP contribution in [0.4, 0.5) is 0 Å². The van der Waals surface area contributed by atoms with Crippen molar-refractivity contribution in [3.63, 3.8) is 0 Å². The van der Waals surface area contributed by atoms with Gasteiger partial charge in [0.15, 0.2) is 0 Å². The molecule has 2 heterocycles. The Morgan fingerprint density at radius 3 is 2.73 bits per heavy atom. The Bertz CT molecular complexity index is 623. The Labute approximate surface area is 136 Å². The fourth-order valence-corrected chi connectivity index (χ4v) is 3.24. The lowest BCUT2D eigenvalue weighted by Crippen LogP contribution is -2.24. The van der Waals surface area contributed by atoms with Crippen LogP contribution in [0.5, 0.6) is 5.75 Å². The van der Waals surface area contributed by atoms with Gasteiger partial charge in [0.05, 0.1) is 19.3 Å². The largest absolute Gasteiger partial charge is 0.494 e. The SMILES string of the molecule is CCOc1ccc(C2CCCN2Cc2ncc(Cl)n2C)cc1. The minimum absolute atomic E-state index is 0.450. The van der Waals surface area contributed by atoms with Crippen molar-refractivity contribution in [2.75, 3.05) is 13.2 Å². The Morgan fingerprint density at radius 1 is 1.32 bits per heavy atom. The predicted octanol–water partition coefficient (Wildman–Crippen LogP) is 3.81. The lowest BCUT2D eigenvalue weighted by Gasteiger charge is -2.24. The van der Waals surface area contributed by atoms with E-state index in [2.05, 4.69) is 34.1 Å². The molecule has 0 saturated carbocycles. The average molecular weight is 320 g/mol. The molecule has 1 atom stereocenters. The first-order chi connectivity index (χ1) is 10.7. The molecule has 1 aromatic carbocycles. The van der Waals surface area contributed by atoms with Gasteiger partial charge < -0.3 is 9.30 Å².